The Labute approximate surface area is 156 Å². The van der Waals surface area contributed by atoms with Crippen LogP contribution in [0, 0.1) is 12.3 Å². The first-order chi connectivity index (χ1) is 12.4. The molecule has 0 saturated carbocycles. The van der Waals surface area contributed by atoms with E-state index in [4.69, 9.17) is 4.74 Å². The van der Waals surface area contributed by atoms with E-state index in [9.17, 15) is 4.79 Å². The minimum Gasteiger partial charge on any atom is -0.376 e. The molecular weight excluding hydrogens is 322 g/mol. The van der Waals surface area contributed by atoms with E-state index in [-0.39, 0.29) is 16.9 Å². The quantitative estimate of drug-likeness (QED) is 0.810. The van der Waals surface area contributed by atoms with Crippen LogP contribution >= 0.6 is 0 Å². The van der Waals surface area contributed by atoms with Gasteiger partial charge in [0.2, 0.25) is 5.91 Å². The van der Waals surface area contributed by atoms with Gasteiger partial charge >= 0.3 is 0 Å². The summed E-state index contributed by atoms with van der Waals surface area (Å²) >= 11 is 0. The average Bonchev–Trinajstić information content (AvgIpc) is 2.56. The summed E-state index contributed by atoms with van der Waals surface area (Å²) in [6.07, 6.45) is 3.22. The van der Waals surface area contributed by atoms with Crippen molar-refractivity contribution >= 4 is 11.6 Å². The number of hydrogen-bond acceptors (Lipinski definition) is 2. The van der Waals surface area contributed by atoms with E-state index in [1.54, 1.807) is 0 Å². The molecule has 2 aromatic rings. The van der Waals surface area contributed by atoms with E-state index in [0.717, 1.165) is 30.5 Å². The summed E-state index contributed by atoms with van der Waals surface area (Å²) in [4.78, 5) is 12.9. The van der Waals surface area contributed by atoms with Crippen molar-refractivity contribution in [1.82, 2.24) is 0 Å². The van der Waals surface area contributed by atoms with Crippen molar-refractivity contribution in [3.05, 3.63) is 65.7 Å². The van der Waals surface area contributed by atoms with Gasteiger partial charge in [0.25, 0.3) is 0 Å². The average molecular weight is 351 g/mol. The van der Waals surface area contributed by atoms with Gasteiger partial charge < -0.3 is 10.1 Å². The van der Waals surface area contributed by atoms with Gasteiger partial charge in [-0.05, 0) is 62.6 Å². The summed E-state index contributed by atoms with van der Waals surface area (Å²) in [5.74, 6) is 0.0907. The lowest BCUT2D eigenvalue weighted by atomic mass is 9.68. The van der Waals surface area contributed by atoms with Gasteiger partial charge in [-0.2, -0.15) is 0 Å². The highest BCUT2D eigenvalue weighted by Crippen LogP contribution is 2.44. The fourth-order valence-corrected chi connectivity index (χ4v) is 4.23. The molecule has 3 heteroatoms. The van der Waals surface area contributed by atoms with Crippen molar-refractivity contribution in [3.8, 4) is 0 Å². The van der Waals surface area contributed by atoms with E-state index in [2.05, 4.69) is 43.4 Å². The van der Waals surface area contributed by atoms with Crippen LogP contribution in [-0.2, 0) is 16.0 Å². The first-order valence-electron chi connectivity index (χ1n) is 9.41. The van der Waals surface area contributed by atoms with E-state index in [0.29, 0.717) is 13.0 Å². The number of aryl methyl sites for hydroxylation is 1. The van der Waals surface area contributed by atoms with E-state index < -0.39 is 0 Å². The first kappa shape index (κ1) is 18.7. The third-order valence-corrected chi connectivity index (χ3v) is 5.30. The molecule has 0 radical (unpaired) electrons. The lowest BCUT2D eigenvalue weighted by Crippen LogP contribution is -2.44. The van der Waals surface area contributed by atoms with Crippen LogP contribution in [0.25, 0.3) is 0 Å². The summed E-state index contributed by atoms with van der Waals surface area (Å²) in [6, 6.07) is 18.4. The SMILES string of the molecule is Cc1ccccc1NC(=O)CC1(Cc2ccccc2)CCOC(C)(C)C1. The molecule has 1 aliphatic heterocycles. The minimum absolute atomic E-state index is 0.0735. The number of benzene rings is 2. The van der Waals surface area contributed by atoms with Crippen molar-refractivity contribution < 1.29 is 9.53 Å². The van der Waals surface area contributed by atoms with Crippen LogP contribution in [0.5, 0.6) is 0 Å². The summed E-state index contributed by atoms with van der Waals surface area (Å²) in [6.45, 7) is 6.99. The van der Waals surface area contributed by atoms with Gasteiger partial charge in [0.15, 0.2) is 0 Å². The zero-order valence-corrected chi connectivity index (χ0v) is 16.0. The van der Waals surface area contributed by atoms with Gasteiger partial charge in [0, 0.05) is 18.7 Å². The van der Waals surface area contributed by atoms with Crippen molar-refractivity contribution in [1.29, 1.82) is 0 Å². The molecule has 1 amide bonds. The van der Waals surface area contributed by atoms with E-state index in [1.807, 2.05) is 37.3 Å². The summed E-state index contributed by atoms with van der Waals surface area (Å²) in [7, 11) is 0. The molecule has 3 nitrogen and oxygen atoms in total. The van der Waals surface area contributed by atoms with Crippen molar-refractivity contribution in [3.63, 3.8) is 0 Å². The zero-order valence-electron chi connectivity index (χ0n) is 16.0. The lowest BCUT2D eigenvalue weighted by molar-refractivity contribution is -0.129. The Balaban J connectivity index is 1.79. The van der Waals surface area contributed by atoms with Crippen molar-refractivity contribution in [2.24, 2.45) is 5.41 Å². The van der Waals surface area contributed by atoms with Gasteiger partial charge in [-0.25, -0.2) is 0 Å². The summed E-state index contributed by atoms with van der Waals surface area (Å²) < 4.78 is 5.95. The van der Waals surface area contributed by atoms with E-state index >= 15 is 0 Å². The Bertz CT molecular complexity index is 754. The van der Waals surface area contributed by atoms with E-state index in [1.165, 1.54) is 5.56 Å². The molecule has 1 atom stereocenters. The number of anilines is 1. The molecule has 1 heterocycles. The Morgan fingerprint density at radius 2 is 1.77 bits per heavy atom. The maximum absolute atomic E-state index is 12.9. The van der Waals surface area contributed by atoms with Gasteiger partial charge in [-0.15, -0.1) is 0 Å². The maximum atomic E-state index is 12.9. The Morgan fingerprint density at radius 1 is 1.08 bits per heavy atom. The van der Waals surface area contributed by atoms with Crippen LogP contribution in [0.4, 0.5) is 5.69 Å². The Hall–Kier alpha value is -2.13. The number of rotatable bonds is 5. The van der Waals surface area contributed by atoms with Crippen LogP contribution in [-0.4, -0.2) is 18.1 Å². The molecule has 1 N–H and O–H groups in total. The highest BCUT2D eigenvalue weighted by Gasteiger charge is 2.42. The third kappa shape index (κ3) is 4.73. The smallest absolute Gasteiger partial charge is 0.224 e. The number of hydrogen-bond donors (Lipinski definition) is 1. The third-order valence-electron chi connectivity index (χ3n) is 5.30. The van der Waals surface area contributed by atoms with Crippen molar-refractivity contribution in [2.45, 2.75) is 52.1 Å². The normalized spacial score (nSPS) is 22.0. The predicted octanol–water partition coefficient (Wildman–Crippen LogP) is 5.14. The minimum atomic E-state index is -0.198. The molecule has 138 valence electrons. The molecule has 1 saturated heterocycles. The van der Waals surface area contributed by atoms with Crippen LogP contribution in [0.3, 0.4) is 0 Å². The molecule has 0 spiro atoms. The standard InChI is InChI=1S/C23H29NO2/c1-18-9-7-8-12-20(18)24-21(25)16-23(13-14-26-22(2,3)17-23)15-19-10-5-4-6-11-19/h4-12H,13-17H2,1-3H3,(H,24,25). The Kier molecular flexibility index (Phi) is 5.47. The van der Waals surface area contributed by atoms with Crippen LogP contribution in [0.2, 0.25) is 0 Å². The second-order valence-corrected chi connectivity index (χ2v) is 8.24. The number of nitrogens with one attached hydrogen (secondary N) is 1. The van der Waals surface area contributed by atoms with Gasteiger partial charge in [-0.3, -0.25) is 4.79 Å². The molecule has 0 aliphatic carbocycles. The molecule has 26 heavy (non-hydrogen) atoms. The molecule has 0 bridgehead atoms. The molecule has 1 fully saturated rings. The molecule has 1 aliphatic rings. The van der Waals surface area contributed by atoms with Gasteiger partial charge in [-0.1, -0.05) is 48.5 Å². The molecule has 3 rings (SSSR count). The fourth-order valence-electron chi connectivity index (χ4n) is 4.23. The maximum Gasteiger partial charge on any atom is 0.224 e. The fraction of sp³-hybridized carbons (Fsp3) is 0.435. The largest absolute Gasteiger partial charge is 0.376 e. The molecule has 1 unspecified atom stereocenters. The number of amides is 1. The van der Waals surface area contributed by atoms with Crippen molar-refractivity contribution in [2.75, 3.05) is 11.9 Å². The number of carbonyl (C=O) groups is 1. The highest BCUT2D eigenvalue weighted by molar-refractivity contribution is 5.91. The lowest BCUT2D eigenvalue weighted by Gasteiger charge is -2.45. The first-order valence-corrected chi connectivity index (χ1v) is 9.41. The number of carbonyl (C=O) groups excluding carboxylic acids is 1. The topological polar surface area (TPSA) is 38.3 Å². The second-order valence-electron chi connectivity index (χ2n) is 8.24. The molecule has 0 aromatic heterocycles. The zero-order chi connectivity index (χ0) is 18.6. The Morgan fingerprint density at radius 3 is 2.46 bits per heavy atom. The summed E-state index contributed by atoms with van der Waals surface area (Å²) in [5.41, 5.74) is 3.00. The van der Waals surface area contributed by atoms with Crippen LogP contribution in [0.1, 0.15) is 44.2 Å². The predicted molar refractivity (Wildman–Crippen MR) is 106 cm³/mol. The number of para-hydroxylation sites is 1. The second kappa shape index (κ2) is 7.63. The van der Waals surface area contributed by atoms with Gasteiger partial charge in [0.1, 0.15) is 0 Å². The highest BCUT2D eigenvalue weighted by atomic mass is 16.5. The monoisotopic (exact) mass is 351 g/mol. The molecular formula is C23H29NO2. The van der Waals surface area contributed by atoms with Crippen LogP contribution in [0.15, 0.2) is 54.6 Å². The van der Waals surface area contributed by atoms with Gasteiger partial charge in [0.05, 0.1) is 5.60 Å². The van der Waals surface area contributed by atoms with Crippen LogP contribution < -0.4 is 5.32 Å². The molecule has 2 aromatic carbocycles. The summed E-state index contributed by atoms with van der Waals surface area (Å²) in [5, 5.41) is 3.12. The number of ether oxygens (including phenoxy) is 1.